The van der Waals surface area contributed by atoms with E-state index in [0.717, 1.165) is 6.20 Å². The first-order chi connectivity index (χ1) is 14.7. The highest BCUT2D eigenvalue weighted by molar-refractivity contribution is 6.30. The third-order valence-corrected chi connectivity index (χ3v) is 4.45. The fourth-order valence-electron chi connectivity index (χ4n) is 2.80. The number of furan rings is 1. The normalized spacial score (nSPS) is 10.5. The van der Waals surface area contributed by atoms with Gasteiger partial charge in [-0.2, -0.15) is 0 Å². The van der Waals surface area contributed by atoms with Crippen LogP contribution in [0, 0.1) is 6.92 Å². The maximum atomic E-state index is 12.6. The van der Waals surface area contributed by atoms with Crippen LogP contribution in [-0.4, -0.2) is 34.4 Å². The van der Waals surface area contributed by atoms with Gasteiger partial charge in [0.1, 0.15) is 28.3 Å². The third kappa shape index (κ3) is 4.48. The SMILES string of the molecule is CCOC(=O)c1c(C)oc(NC(=O)c2cnc(-c3ccc(Cl)cc3)[nH]c2=O)c1C(N)=O. The second-order valence-electron chi connectivity index (χ2n) is 6.26. The fraction of sp³-hybridized carbons (Fsp3) is 0.150. The van der Waals surface area contributed by atoms with Crippen molar-refractivity contribution in [1.29, 1.82) is 0 Å². The molecule has 0 saturated heterocycles. The highest BCUT2D eigenvalue weighted by Gasteiger charge is 2.29. The third-order valence-electron chi connectivity index (χ3n) is 4.20. The average molecular weight is 445 g/mol. The number of nitrogens with one attached hydrogen (secondary N) is 2. The Balaban J connectivity index is 1.92. The van der Waals surface area contributed by atoms with Crippen LogP contribution in [0.5, 0.6) is 0 Å². The lowest BCUT2D eigenvalue weighted by Crippen LogP contribution is -2.25. The molecule has 0 fully saturated rings. The second kappa shape index (κ2) is 8.84. The number of aryl methyl sites for hydroxylation is 1. The molecule has 0 saturated carbocycles. The summed E-state index contributed by atoms with van der Waals surface area (Å²) in [6.45, 7) is 3.06. The van der Waals surface area contributed by atoms with Gasteiger partial charge in [0.2, 0.25) is 5.88 Å². The summed E-state index contributed by atoms with van der Waals surface area (Å²) >= 11 is 5.84. The van der Waals surface area contributed by atoms with E-state index in [-0.39, 0.29) is 40.8 Å². The molecule has 0 aliphatic carbocycles. The number of nitrogens with zero attached hydrogens (tertiary/aromatic N) is 1. The molecule has 2 heterocycles. The number of nitrogens with two attached hydrogens (primary N) is 1. The number of halogens is 1. The van der Waals surface area contributed by atoms with Crippen molar-refractivity contribution in [1.82, 2.24) is 9.97 Å². The van der Waals surface area contributed by atoms with E-state index in [1.807, 2.05) is 0 Å². The van der Waals surface area contributed by atoms with Gasteiger partial charge in [0, 0.05) is 16.8 Å². The average Bonchev–Trinajstić information content (AvgIpc) is 3.04. The van der Waals surface area contributed by atoms with Crippen molar-refractivity contribution in [3.63, 3.8) is 0 Å². The van der Waals surface area contributed by atoms with E-state index in [9.17, 15) is 19.2 Å². The first-order valence-corrected chi connectivity index (χ1v) is 9.37. The van der Waals surface area contributed by atoms with Gasteiger partial charge in [-0.05, 0) is 38.1 Å². The highest BCUT2D eigenvalue weighted by Crippen LogP contribution is 2.28. The van der Waals surface area contributed by atoms with Gasteiger partial charge in [0.15, 0.2) is 0 Å². The lowest BCUT2D eigenvalue weighted by molar-refractivity contribution is 0.0521. The minimum absolute atomic E-state index is 0.0210. The van der Waals surface area contributed by atoms with Crippen LogP contribution < -0.4 is 16.6 Å². The summed E-state index contributed by atoms with van der Waals surface area (Å²) in [7, 11) is 0. The Morgan fingerprint density at radius 1 is 1.23 bits per heavy atom. The minimum Gasteiger partial charge on any atom is -0.462 e. The van der Waals surface area contributed by atoms with E-state index in [2.05, 4.69) is 15.3 Å². The molecule has 0 atom stereocenters. The smallest absolute Gasteiger partial charge is 0.342 e. The summed E-state index contributed by atoms with van der Waals surface area (Å²) < 4.78 is 10.2. The van der Waals surface area contributed by atoms with Crippen molar-refractivity contribution in [3.8, 4) is 11.4 Å². The number of carbonyl (C=O) groups excluding carboxylic acids is 3. The maximum absolute atomic E-state index is 12.6. The number of H-pyrrole nitrogens is 1. The number of carbonyl (C=O) groups is 3. The minimum atomic E-state index is -1.01. The van der Waals surface area contributed by atoms with Gasteiger partial charge in [0.25, 0.3) is 17.4 Å². The number of benzene rings is 1. The van der Waals surface area contributed by atoms with Crippen LogP contribution in [0.2, 0.25) is 5.02 Å². The Hall–Kier alpha value is -3.92. The molecule has 0 spiro atoms. The molecule has 31 heavy (non-hydrogen) atoms. The number of rotatable bonds is 6. The first-order valence-electron chi connectivity index (χ1n) is 8.99. The molecule has 160 valence electrons. The summed E-state index contributed by atoms with van der Waals surface area (Å²) in [6, 6.07) is 6.57. The summed E-state index contributed by atoms with van der Waals surface area (Å²) in [6.07, 6.45) is 1.07. The van der Waals surface area contributed by atoms with E-state index < -0.39 is 23.3 Å². The van der Waals surface area contributed by atoms with Gasteiger partial charge >= 0.3 is 5.97 Å². The predicted molar refractivity (Wildman–Crippen MR) is 111 cm³/mol. The van der Waals surface area contributed by atoms with E-state index in [1.165, 1.54) is 6.92 Å². The molecule has 4 N–H and O–H groups in total. The molecular formula is C20H17ClN4O6. The molecule has 3 aromatic rings. The molecule has 0 aliphatic heterocycles. The monoisotopic (exact) mass is 444 g/mol. The molecular weight excluding hydrogens is 428 g/mol. The van der Waals surface area contributed by atoms with Gasteiger partial charge < -0.3 is 19.9 Å². The van der Waals surface area contributed by atoms with Gasteiger partial charge in [0.05, 0.1) is 6.61 Å². The number of aromatic nitrogens is 2. The number of hydrogen-bond donors (Lipinski definition) is 3. The Morgan fingerprint density at radius 3 is 2.48 bits per heavy atom. The number of anilines is 1. The number of primary amides is 1. The first kappa shape index (κ1) is 21.8. The molecule has 0 radical (unpaired) electrons. The maximum Gasteiger partial charge on any atom is 0.342 e. The van der Waals surface area contributed by atoms with Crippen molar-refractivity contribution in [2.24, 2.45) is 5.73 Å². The van der Waals surface area contributed by atoms with Crippen LogP contribution in [0.4, 0.5) is 5.88 Å². The van der Waals surface area contributed by atoms with Gasteiger partial charge in [-0.1, -0.05) is 11.6 Å². The summed E-state index contributed by atoms with van der Waals surface area (Å²) in [5, 5.41) is 2.80. The van der Waals surface area contributed by atoms with Gasteiger partial charge in [-0.15, -0.1) is 0 Å². The number of aromatic amines is 1. The molecule has 11 heteroatoms. The Kier molecular flexibility index (Phi) is 6.21. The molecule has 10 nitrogen and oxygen atoms in total. The lowest BCUT2D eigenvalue weighted by atomic mass is 10.1. The van der Waals surface area contributed by atoms with E-state index >= 15 is 0 Å². The molecule has 3 rings (SSSR count). The number of hydrogen-bond acceptors (Lipinski definition) is 7. The summed E-state index contributed by atoms with van der Waals surface area (Å²) in [5.41, 5.74) is 4.31. The summed E-state index contributed by atoms with van der Waals surface area (Å²) in [4.78, 5) is 55.6. The van der Waals surface area contributed by atoms with Crippen molar-refractivity contribution >= 4 is 35.3 Å². The molecule has 1 aromatic carbocycles. The topological polar surface area (TPSA) is 157 Å². The van der Waals surface area contributed by atoms with Crippen molar-refractivity contribution in [2.45, 2.75) is 13.8 Å². The van der Waals surface area contributed by atoms with Crippen LogP contribution in [0.15, 0.2) is 39.7 Å². The Labute approximate surface area is 180 Å². The van der Waals surface area contributed by atoms with Gasteiger partial charge in [-0.3, -0.25) is 19.7 Å². The van der Waals surface area contributed by atoms with Crippen LogP contribution >= 0.6 is 11.6 Å². The largest absolute Gasteiger partial charge is 0.462 e. The van der Waals surface area contributed by atoms with Crippen LogP contribution in [-0.2, 0) is 4.74 Å². The zero-order valence-corrected chi connectivity index (χ0v) is 17.2. The van der Waals surface area contributed by atoms with Crippen molar-refractivity contribution < 1.29 is 23.5 Å². The number of ether oxygens (including phenoxy) is 1. The Bertz CT molecular complexity index is 1230. The zero-order valence-electron chi connectivity index (χ0n) is 16.4. The molecule has 0 bridgehead atoms. The number of esters is 1. The second-order valence-corrected chi connectivity index (χ2v) is 6.69. The van der Waals surface area contributed by atoms with Crippen molar-refractivity contribution in [2.75, 3.05) is 11.9 Å². The van der Waals surface area contributed by atoms with Crippen LogP contribution in [0.1, 0.15) is 43.8 Å². The lowest BCUT2D eigenvalue weighted by Gasteiger charge is -2.05. The summed E-state index contributed by atoms with van der Waals surface area (Å²) in [5.74, 6) is -2.88. The predicted octanol–water partition coefficient (Wildman–Crippen LogP) is 2.52. The standard InChI is InChI=1S/C20H17ClN4O6/c1-3-30-20(29)13-9(2)31-19(14(13)15(22)26)25-18(28)12-8-23-16(24-17(12)27)10-4-6-11(21)7-5-10/h4-8H,3H2,1-2H3,(H2,22,26)(H,25,28)(H,23,24,27). The quantitative estimate of drug-likeness (QED) is 0.493. The highest BCUT2D eigenvalue weighted by atomic mass is 35.5. The van der Waals surface area contributed by atoms with Gasteiger partial charge in [-0.25, -0.2) is 9.78 Å². The van der Waals surface area contributed by atoms with E-state index in [1.54, 1.807) is 31.2 Å². The van der Waals surface area contributed by atoms with E-state index in [4.69, 9.17) is 26.5 Å². The molecule has 0 aliphatic rings. The van der Waals surface area contributed by atoms with Crippen molar-refractivity contribution in [3.05, 3.63) is 68.3 Å². The molecule has 2 amide bonds. The zero-order chi connectivity index (χ0) is 22.7. The van der Waals surface area contributed by atoms with E-state index in [0.29, 0.717) is 10.6 Å². The Morgan fingerprint density at radius 2 is 1.90 bits per heavy atom. The van der Waals surface area contributed by atoms with Crippen LogP contribution in [0.3, 0.4) is 0 Å². The fourth-order valence-corrected chi connectivity index (χ4v) is 2.92. The molecule has 0 unspecified atom stereocenters. The van der Waals surface area contributed by atoms with Crippen LogP contribution in [0.25, 0.3) is 11.4 Å². The number of amides is 2. The molecule has 2 aromatic heterocycles.